The predicted molar refractivity (Wildman–Crippen MR) is 66.7 cm³/mol. The second-order valence-electron chi connectivity index (χ2n) is 4.18. The van der Waals surface area contributed by atoms with Crippen LogP contribution in [0.3, 0.4) is 0 Å². The van der Waals surface area contributed by atoms with E-state index in [2.05, 4.69) is 15.0 Å². The van der Waals surface area contributed by atoms with Gasteiger partial charge in [-0.15, -0.1) is 0 Å². The van der Waals surface area contributed by atoms with Gasteiger partial charge in [-0.2, -0.15) is 0 Å². The van der Waals surface area contributed by atoms with Gasteiger partial charge in [0.2, 0.25) is 11.8 Å². The van der Waals surface area contributed by atoms with Crippen molar-refractivity contribution in [1.82, 2.24) is 19.5 Å². The Balaban J connectivity index is 2.46. The van der Waals surface area contributed by atoms with Crippen LogP contribution in [0.4, 0.5) is 0 Å². The Morgan fingerprint density at radius 2 is 2.16 bits per heavy atom. The zero-order valence-electron chi connectivity index (χ0n) is 10.4. The van der Waals surface area contributed by atoms with Gasteiger partial charge in [0.25, 0.3) is 0 Å². The van der Waals surface area contributed by atoms with Gasteiger partial charge in [-0.3, -0.25) is 9.59 Å². The van der Waals surface area contributed by atoms with Gasteiger partial charge in [-0.25, -0.2) is 15.0 Å². The predicted octanol–water partition coefficient (Wildman–Crippen LogP) is -0.573. The van der Waals surface area contributed by atoms with Crippen molar-refractivity contribution in [2.45, 2.75) is 25.8 Å². The lowest BCUT2D eigenvalue weighted by Gasteiger charge is -2.16. The number of fused-ring (bicyclic) bond motifs is 1. The quantitative estimate of drug-likeness (QED) is 0.745. The van der Waals surface area contributed by atoms with Crippen LogP contribution in [0, 0.1) is 6.92 Å². The van der Waals surface area contributed by atoms with Crippen LogP contribution < -0.4 is 11.5 Å². The molecule has 100 valence electrons. The Hall–Kier alpha value is -2.51. The highest BCUT2D eigenvalue weighted by Crippen LogP contribution is 2.21. The van der Waals surface area contributed by atoms with Crippen LogP contribution in [-0.4, -0.2) is 31.3 Å². The number of rotatable bonds is 5. The van der Waals surface area contributed by atoms with E-state index in [1.165, 1.54) is 6.33 Å². The third-order valence-electron chi connectivity index (χ3n) is 2.84. The van der Waals surface area contributed by atoms with E-state index in [4.69, 9.17) is 11.5 Å². The van der Waals surface area contributed by atoms with E-state index in [0.717, 1.165) is 0 Å². The molecule has 0 bridgehead atoms. The molecule has 0 aromatic carbocycles. The molecule has 0 radical (unpaired) electrons. The summed E-state index contributed by atoms with van der Waals surface area (Å²) in [6, 6.07) is -0.701. The minimum atomic E-state index is -0.701. The molecule has 0 aliphatic rings. The Bertz CT molecular complexity index is 635. The standard InChI is InChI=1S/C11H14N6O2/c1-6-16-7-4-14-5-15-11(7)17(6)8(10(13)19)2-3-9(12)18/h4-5,8H,2-3H2,1H3,(H2,12,18)(H2,13,19). The van der Waals surface area contributed by atoms with Crippen molar-refractivity contribution in [3.05, 3.63) is 18.3 Å². The number of aryl methyl sites for hydroxylation is 1. The number of primary amides is 2. The van der Waals surface area contributed by atoms with E-state index in [-0.39, 0.29) is 12.8 Å². The molecule has 2 aromatic heterocycles. The van der Waals surface area contributed by atoms with Crippen molar-refractivity contribution >= 4 is 23.0 Å². The first-order chi connectivity index (χ1) is 9.00. The molecule has 1 atom stereocenters. The van der Waals surface area contributed by atoms with Gasteiger partial charge in [0, 0.05) is 6.42 Å². The molecule has 0 aliphatic carbocycles. The lowest BCUT2D eigenvalue weighted by Crippen LogP contribution is -2.28. The summed E-state index contributed by atoms with van der Waals surface area (Å²) in [7, 11) is 0. The maximum atomic E-state index is 11.6. The topological polar surface area (TPSA) is 130 Å². The van der Waals surface area contributed by atoms with Crippen LogP contribution in [0.15, 0.2) is 12.5 Å². The van der Waals surface area contributed by atoms with E-state index >= 15 is 0 Å². The Morgan fingerprint density at radius 1 is 1.42 bits per heavy atom. The fourth-order valence-electron chi connectivity index (χ4n) is 2.01. The lowest BCUT2D eigenvalue weighted by molar-refractivity contribution is -0.122. The smallest absolute Gasteiger partial charge is 0.240 e. The summed E-state index contributed by atoms with van der Waals surface area (Å²) in [6.45, 7) is 1.74. The molecule has 2 amide bonds. The number of hydrogen-bond acceptors (Lipinski definition) is 5. The molecular weight excluding hydrogens is 248 g/mol. The molecule has 0 saturated carbocycles. The highest BCUT2D eigenvalue weighted by atomic mass is 16.1. The SMILES string of the molecule is Cc1nc2cncnc2n1C(CCC(N)=O)C(N)=O. The van der Waals surface area contributed by atoms with Crippen LogP contribution >= 0.6 is 0 Å². The van der Waals surface area contributed by atoms with E-state index in [1.807, 2.05) is 0 Å². The first-order valence-corrected chi connectivity index (χ1v) is 5.73. The van der Waals surface area contributed by atoms with Gasteiger partial charge in [-0.1, -0.05) is 0 Å². The van der Waals surface area contributed by atoms with Crippen LogP contribution in [0.25, 0.3) is 11.2 Å². The molecule has 8 nitrogen and oxygen atoms in total. The summed E-state index contributed by atoms with van der Waals surface area (Å²) in [4.78, 5) is 34.7. The largest absolute Gasteiger partial charge is 0.370 e. The maximum Gasteiger partial charge on any atom is 0.240 e. The van der Waals surface area contributed by atoms with Crippen molar-refractivity contribution in [2.24, 2.45) is 11.5 Å². The fraction of sp³-hybridized carbons (Fsp3) is 0.364. The molecule has 1 unspecified atom stereocenters. The third kappa shape index (κ3) is 2.51. The van der Waals surface area contributed by atoms with Gasteiger partial charge < -0.3 is 16.0 Å². The minimum Gasteiger partial charge on any atom is -0.370 e. The molecule has 2 rings (SSSR count). The lowest BCUT2D eigenvalue weighted by atomic mass is 10.1. The monoisotopic (exact) mass is 262 g/mol. The Labute approximate surface area is 108 Å². The van der Waals surface area contributed by atoms with Crippen molar-refractivity contribution in [1.29, 1.82) is 0 Å². The molecule has 0 aliphatic heterocycles. The van der Waals surface area contributed by atoms with E-state index in [9.17, 15) is 9.59 Å². The van der Waals surface area contributed by atoms with E-state index < -0.39 is 17.9 Å². The van der Waals surface area contributed by atoms with Gasteiger partial charge in [-0.05, 0) is 13.3 Å². The van der Waals surface area contributed by atoms with Crippen molar-refractivity contribution in [2.75, 3.05) is 0 Å². The molecule has 8 heteroatoms. The summed E-state index contributed by atoms with van der Waals surface area (Å²) in [5.41, 5.74) is 11.6. The second kappa shape index (κ2) is 5.01. The van der Waals surface area contributed by atoms with Crippen LogP contribution in [0.5, 0.6) is 0 Å². The Morgan fingerprint density at radius 3 is 2.79 bits per heavy atom. The number of hydrogen-bond donors (Lipinski definition) is 2. The molecule has 2 heterocycles. The number of amides is 2. The summed E-state index contributed by atoms with van der Waals surface area (Å²) < 4.78 is 1.61. The first kappa shape index (κ1) is 12.9. The van der Waals surface area contributed by atoms with E-state index in [1.54, 1.807) is 17.7 Å². The Kier molecular flexibility index (Phi) is 3.41. The molecule has 0 fully saturated rings. The maximum absolute atomic E-state index is 11.6. The molecular formula is C11H14N6O2. The van der Waals surface area contributed by atoms with E-state index in [0.29, 0.717) is 17.0 Å². The number of carbonyl (C=O) groups is 2. The minimum absolute atomic E-state index is 0.0673. The van der Waals surface area contributed by atoms with Crippen LogP contribution in [0.2, 0.25) is 0 Å². The van der Waals surface area contributed by atoms with Crippen molar-refractivity contribution in [3.63, 3.8) is 0 Å². The van der Waals surface area contributed by atoms with Gasteiger partial charge in [0.1, 0.15) is 23.7 Å². The van der Waals surface area contributed by atoms with Gasteiger partial charge in [0.15, 0.2) is 5.65 Å². The highest BCUT2D eigenvalue weighted by Gasteiger charge is 2.23. The van der Waals surface area contributed by atoms with Crippen LogP contribution in [0.1, 0.15) is 24.7 Å². The summed E-state index contributed by atoms with van der Waals surface area (Å²) >= 11 is 0. The average Bonchev–Trinajstić information content (AvgIpc) is 2.66. The zero-order valence-corrected chi connectivity index (χ0v) is 10.4. The molecule has 0 spiro atoms. The molecule has 19 heavy (non-hydrogen) atoms. The number of imidazole rings is 1. The number of nitrogens with zero attached hydrogens (tertiary/aromatic N) is 4. The third-order valence-corrected chi connectivity index (χ3v) is 2.84. The van der Waals surface area contributed by atoms with Gasteiger partial charge in [0.05, 0.1) is 6.20 Å². The molecule has 2 aromatic rings. The zero-order chi connectivity index (χ0) is 14.0. The summed E-state index contributed by atoms with van der Waals surface area (Å²) in [5, 5.41) is 0. The average molecular weight is 262 g/mol. The molecule has 4 N–H and O–H groups in total. The van der Waals surface area contributed by atoms with Crippen molar-refractivity contribution < 1.29 is 9.59 Å². The first-order valence-electron chi connectivity index (χ1n) is 5.73. The number of nitrogens with two attached hydrogens (primary N) is 2. The normalized spacial score (nSPS) is 12.5. The summed E-state index contributed by atoms with van der Waals surface area (Å²) in [5.74, 6) is -0.450. The summed E-state index contributed by atoms with van der Waals surface area (Å²) in [6.07, 6.45) is 3.21. The fourth-order valence-corrected chi connectivity index (χ4v) is 2.01. The molecule has 0 saturated heterocycles. The van der Waals surface area contributed by atoms with Crippen LogP contribution in [-0.2, 0) is 9.59 Å². The highest BCUT2D eigenvalue weighted by molar-refractivity contribution is 5.82. The number of aromatic nitrogens is 4. The van der Waals surface area contributed by atoms with Crippen molar-refractivity contribution in [3.8, 4) is 0 Å². The number of carbonyl (C=O) groups excluding carboxylic acids is 2. The second-order valence-corrected chi connectivity index (χ2v) is 4.18. The van der Waals surface area contributed by atoms with Gasteiger partial charge >= 0.3 is 0 Å².